The number of nitrogens with one attached hydrogen (secondary N) is 1. The first-order chi connectivity index (χ1) is 13.6. The second kappa shape index (κ2) is 7.97. The Balaban J connectivity index is 1.31. The summed E-state index contributed by atoms with van der Waals surface area (Å²) in [6.45, 7) is 0.358. The molecule has 1 aliphatic carbocycles. The molecule has 0 bridgehead atoms. The quantitative estimate of drug-likeness (QED) is 0.668. The van der Waals surface area contributed by atoms with E-state index < -0.39 is 0 Å². The molecule has 1 aromatic heterocycles. The van der Waals surface area contributed by atoms with Crippen LogP contribution in [-0.2, 0) is 31.2 Å². The number of fused-ring (bicyclic) bond motifs is 2. The number of para-hydroxylation sites is 2. The highest BCUT2D eigenvalue weighted by Crippen LogP contribution is 2.23. The van der Waals surface area contributed by atoms with Crippen LogP contribution in [0.4, 0.5) is 0 Å². The summed E-state index contributed by atoms with van der Waals surface area (Å²) in [4.78, 5) is 29.2. The Bertz CT molecular complexity index is 1040. The van der Waals surface area contributed by atoms with E-state index in [0.29, 0.717) is 6.54 Å². The lowest BCUT2D eigenvalue weighted by Gasteiger charge is -2.16. The fourth-order valence-corrected chi connectivity index (χ4v) is 3.90. The molecule has 0 atom stereocenters. The summed E-state index contributed by atoms with van der Waals surface area (Å²) < 4.78 is 1.98. The van der Waals surface area contributed by atoms with Crippen molar-refractivity contribution in [2.45, 2.75) is 45.1 Å². The van der Waals surface area contributed by atoms with Crippen molar-refractivity contribution >= 4 is 22.7 Å². The van der Waals surface area contributed by atoms with Crippen molar-refractivity contribution < 1.29 is 9.59 Å². The van der Waals surface area contributed by atoms with Gasteiger partial charge < -0.3 is 9.88 Å². The van der Waals surface area contributed by atoms with Crippen molar-refractivity contribution in [3.63, 3.8) is 0 Å². The van der Waals surface area contributed by atoms with Gasteiger partial charge in [0.15, 0.2) is 5.78 Å². The number of aryl methyl sites for hydroxylation is 3. The highest BCUT2D eigenvalue weighted by molar-refractivity contribution is 5.98. The van der Waals surface area contributed by atoms with Gasteiger partial charge in [-0.25, -0.2) is 4.98 Å². The SMILES string of the molecule is Cn1c(CNC(=O)CCC(=O)c2ccc3c(c2)CCCC3)nc2ccccc21. The van der Waals surface area contributed by atoms with Crippen LogP contribution in [0.25, 0.3) is 11.0 Å². The molecule has 0 aliphatic heterocycles. The molecule has 0 fully saturated rings. The zero-order valence-electron chi connectivity index (χ0n) is 16.2. The molecule has 5 heteroatoms. The van der Waals surface area contributed by atoms with Gasteiger partial charge in [-0.2, -0.15) is 0 Å². The third-order valence-corrected chi connectivity index (χ3v) is 5.57. The number of Topliss-reactive ketones (excluding diaryl/α,β-unsaturated/α-hetero) is 1. The van der Waals surface area contributed by atoms with E-state index in [1.807, 2.05) is 48.0 Å². The molecule has 4 rings (SSSR count). The second-order valence-corrected chi connectivity index (χ2v) is 7.47. The third kappa shape index (κ3) is 3.84. The smallest absolute Gasteiger partial charge is 0.220 e. The summed E-state index contributed by atoms with van der Waals surface area (Å²) in [6.07, 6.45) is 5.00. The molecule has 0 radical (unpaired) electrons. The average molecular weight is 375 g/mol. The van der Waals surface area contributed by atoms with Crippen molar-refractivity contribution in [3.8, 4) is 0 Å². The monoisotopic (exact) mass is 375 g/mol. The number of hydrogen-bond acceptors (Lipinski definition) is 3. The number of amides is 1. The van der Waals surface area contributed by atoms with Gasteiger partial charge in [0, 0.05) is 25.5 Å². The number of aromatic nitrogens is 2. The van der Waals surface area contributed by atoms with Crippen molar-refractivity contribution in [2.75, 3.05) is 0 Å². The van der Waals surface area contributed by atoms with Gasteiger partial charge in [0.2, 0.25) is 5.91 Å². The molecule has 2 aromatic carbocycles. The molecule has 1 amide bonds. The average Bonchev–Trinajstić information content (AvgIpc) is 3.06. The lowest BCUT2D eigenvalue weighted by atomic mass is 9.89. The molecule has 0 saturated carbocycles. The van der Waals surface area contributed by atoms with Gasteiger partial charge in [0.25, 0.3) is 0 Å². The van der Waals surface area contributed by atoms with Gasteiger partial charge in [-0.1, -0.05) is 24.3 Å². The van der Waals surface area contributed by atoms with E-state index in [-0.39, 0.29) is 24.5 Å². The van der Waals surface area contributed by atoms with Crippen LogP contribution in [0.1, 0.15) is 53.0 Å². The maximum atomic E-state index is 12.5. The Morgan fingerprint density at radius 2 is 1.82 bits per heavy atom. The topological polar surface area (TPSA) is 64.0 Å². The molecule has 1 N–H and O–H groups in total. The number of benzene rings is 2. The van der Waals surface area contributed by atoms with Crippen LogP contribution < -0.4 is 5.32 Å². The molecule has 1 aliphatic rings. The van der Waals surface area contributed by atoms with E-state index in [0.717, 1.165) is 35.3 Å². The maximum absolute atomic E-state index is 12.5. The lowest BCUT2D eigenvalue weighted by molar-refractivity contribution is -0.121. The van der Waals surface area contributed by atoms with Crippen molar-refractivity contribution in [1.29, 1.82) is 0 Å². The molecular formula is C23H25N3O2. The number of rotatable bonds is 6. The van der Waals surface area contributed by atoms with Gasteiger partial charge in [-0.15, -0.1) is 0 Å². The van der Waals surface area contributed by atoms with Crippen LogP contribution in [0.2, 0.25) is 0 Å². The molecule has 3 aromatic rings. The first kappa shape index (κ1) is 18.4. The molecule has 1 heterocycles. The minimum atomic E-state index is -0.127. The van der Waals surface area contributed by atoms with Crippen LogP contribution in [0.3, 0.4) is 0 Å². The molecular weight excluding hydrogens is 350 g/mol. The minimum absolute atomic E-state index is 0.0336. The van der Waals surface area contributed by atoms with E-state index in [9.17, 15) is 9.59 Å². The summed E-state index contributed by atoms with van der Waals surface area (Å²) in [5.74, 6) is 0.709. The first-order valence-corrected chi connectivity index (χ1v) is 9.94. The normalized spacial score (nSPS) is 13.3. The van der Waals surface area contributed by atoms with E-state index in [2.05, 4.69) is 16.4 Å². The van der Waals surface area contributed by atoms with Crippen LogP contribution in [0.5, 0.6) is 0 Å². The molecule has 0 unspecified atom stereocenters. The predicted molar refractivity (Wildman–Crippen MR) is 109 cm³/mol. The summed E-state index contributed by atoms with van der Waals surface area (Å²) >= 11 is 0. The summed E-state index contributed by atoms with van der Waals surface area (Å²) in [7, 11) is 1.94. The van der Waals surface area contributed by atoms with E-state index >= 15 is 0 Å². The third-order valence-electron chi connectivity index (χ3n) is 5.57. The molecule has 0 spiro atoms. The molecule has 5 nitrogen and oxygen atoms in total. The summed E-state index contributed by atoms with van der Waals surface area (Å²) in [5.41, 5.74) is 5.33. The standard InChI is InChI=1S/C23H25N3O2/c1-26-20-9-5-4-8-19(20)25-22(26)15-24-23(28)13-12-21(27)18-11-10-16-6-2-3-7-17(16)14-18/h4-5,8-11,14H,2-3,6-7,12-13,15H2,1H3,(H,24,28). The van der Waals surface area contributed by atoms with Crippen LogP contribution in [-0.4, -0.2) is 21.2 Å². The largest absolute Gasteiger partial charge is 0.349 e. The van der Waals surface area contributed by atoms with Gasteiger partial charge in [0.1, 0.15) is 5.82 Å². The molecule has 28 heavy (non-hydrogen) atoms. The first-order valence-electron chi connectivity index (χ1n) is 9.94. The lowest BCUT2D eigenvalue weighted by Crippen LogP contribution is -2.24. The second-order valence-electron chi connectivity index (χ2n) is 7.47. The maximum Gasteiger partial charge on any atom is 0.220 e. The Morgan fingerprint density at radius 1 is 1.04 bits per heavy atom. The number of ketones is 1. The number of carbonyl (C=O) groups excluding carboxylic acids is 2. The van der Waals surface area contributed by atoms with Crippen LogP contribution in [0.15, 0.2) is 42.5 Å². The molecule has 0 saturated heterocycles. The van der Waals surface area contributed by atoms with Gasteiger partial charge in [-0.3, -0.25) is 9.59 Å². The Morgan fingerprint density at radius 3 is 2.64 bits per heavy atom. The number of carbonyl (C=O) groups is 2. The highest BCUT2D eigenvalue weighted by Gasteiger charge is 2.14. The number of hydrogen-bond donors (Lipinski definition) is 1. The van der Waals surface area contributed by atoms with E-state index in [4.69, 9.17) is 0 Å². The Hall–Kier alpha value is -2.95. The Labute approximate surface area is 164 Å². The zero-order chi connectivity index (χ0) is 19.5. The van der Waals surface area contributed by atoms with Gasteiger partial charge >= 0.3 is 0 Å². The van der Waals surface area contributed by atoms with E-state index in [1.54, 1.807) is 0 Å². The fraction of sp³-hybridized carbons (Fsp3) is 0.348. The van der Waals surface area contributed by atoms with Crippen molar-refractivity contribution in [3.05, 3.63) is 65.0 Å². The highest BCUT2D eigenvalue weighted by atomic mass is 16.2. The van der Waals surface area contributed by atoms with Crippen molar-refractivity contribution in [2.24, 2.45) is 7.05 Å². The number of nitrogens with zero attached hydrogens (tertiary/aromatic N) is 2. The summed E-state index contributed by atoms with van der Waals surface area (Å²) in [5, 5.41) is 2.88. The summed E-state index contributed by atoms with van der Waals surface area (Å²) in [6, 6.07) is 13.9. The Kier molecular flexibility index (Phi) is 5.24. The number of imidazole rings is 1. The molecule has 144 valence electrons. The van der Waals surface area contributed by atoms with Crippen molar-refractivity contribution in [1.82, 2.24) is 14.9 Å². The van der Waals surface area contributed by atoms with Gasteiger partial charge in [-0.05, 0) is 55.0 Å². The minimum Gasteiger partial charge on any atom is -0.349 e. The van der Waals surface area contributed by atoms with E-state index in [1.165, 1.54) is 24.0 Å². The fourth-order valence-electron chi connectivity index (χ4n) is 3.90. The van der Waals surface area contributed by atoms with Gasteiger partial charge in [0.05, 0.1) is 17.6 Å². The van der Waals surface area contributed by atoms with Crippen LogP contribution >= 0.6 is 0 Å². The predicted octanol–water partition coefficient (Wildman–Crippen LogP) is 3.73. The van der Waals surface area contributed by atoms with Crippen LogP contribution in [0, 0.1) is 0 Å². The zero-order valence-corrected chi connectivity index (χ0v) is 16.2.